The van der Waals surface area contributed by atoms with Crippen LogP contribution in [0, 0.1) is 17.7 Å². The number of halogens is 8. The van der Waals surface area contributed by atoms with Gasteiger partial charge in [-0.2, -0.15) is 31.4 Å². The number of hydrogen-bond donors (Lipinski definition) is 1. The summed E-state index contributed by atoms with van der Waals surface area (Å²) in [5, 5.41) is 3.84. The number of rotatable bonds is 7. The fourth-order valence-electron chi connectivity index (χ4n) is 6.96. The summed E-state index contributed by atoms with van der Waals surface area (Å²) < 4.78 is 167. The summed E-state index contributed by atoms with van der Waals surface area (Å²) in [4.78, 5) is -0.494. The van der Waals surface area contributed by atoms with Gasteiger partial charge in [-0.1, -0.05) is 18.2 Å². The van der Waals surface area contributed by atoms with Crippen LogP contribution in [0.1, 0.15) is 42.9 Å². The summed E-state index contributed by atoms with van der Waals surface area (Å²) in [7, 11) is -7.16. The molecule has 1 fully saturated rings. The lowest BCUT2D eigenvalue weighted by atomic mass is 9.71. The smallest absolute Gasteiger partial charge is 0.274 e. The molecule has 1 unspecified atom stereocenters. The Bertz CT molecular complexity index is 1810. The zero-order valence-electron chi connectivity index (χ0n) is 23.6. The van der Waals surface area contributed by atoms with Crippen molar-refractivity contribution in [2.75, 3.05) is 0 Å². The van der Waals surface area contributed by atoms with Crippen LogP contribution < -0.4 is 4.72 Å². The Morgan fingerprint density at radius 1 is 0.933 bits per heavy atom. The minimum Gasteiger partial charge on any atom is -0.274 e. The molecule has 0 spiro atoms. The van der Waals surface area contributed by atoms with Gasteiger partial charge < -0.3 is 0 Å². The highest BCUT2D eigenvalue weighted by molar-refractivity contribution is 7.92. The van der Waals surface area contributed by atoms with E-state index in [4.69, 9.17) is 0 Å². The molecule has 2 aromatic carbocycles. The fraction of sp³-hybridized carbons (Fsp3) is 0.464. The highest BCUT2D eigenvalue weighted by atomic mass is 32.2. The molecule has 2 aliphatic rings. The van der Waals surface area contributed by atoms with Gasteiger partial charge in [-0.05, 0) is 79.8 Å². The fourth-order valence-corrected chi connectivity index (χ4v) is 10.7. The number of alkyl halides is 7. The molecule has 7 nitrogen and oxygen atoms in total. The summed E-state index contributed by atoms with van der Waals surface area (Å²) in [6, 6.07) is 4.42. The monoisotopic (exact) mass is 685 g/mol. The maximum atomic E-state index is 15.0. The number of nitrogens with one attached hydrogen (secondary N) is 1. The predicted molar refractivity (Wildman–Crippen MR) is 144 cm³/mol. The molecule has 0 aliphatic heterocycles. The molecule has 17 heteroatoms. The van der Waals surface area contributed by atoms with E-state index in [2.05, 4.69) is 9.82 Å². The molecule has 4 atom stereocenters. The van der Waals surface area contributed by atoms with Crippen molar-refractivity contribution in [1.82, 2.24) is 14.5 Å². The van der Waals surface area contributed by atoms with Crippen molar-refractivity contribution in [3.05, 3.63) is 77.4 Å². The SMILES string of the molecule is CC(NS(=O)(=O)c1cnn(C)c1)[C@@H]1CC[C@@]2(S(=O)(=O)c3ccc(F)cc3)c3ccc(C(F)(C(F)(F)F)C(F)(F)F)cc3CC[C@@H]12. The van der Waals surface area contributed by atoms with Crippen molar-refractivity contribution in [2.24, 2.45) is 18.9 Å². The maximum absolute atomic E-state index is 15.0. The Morgan fingerprint density at radius 3 is 2.11 bits per heavy atom. The molecule has 2 aliphatic carbocycles. The Kier molecular flexibility index (Phi) is 7.96. The third-order valence-corrected chi connectivity index (χ3v) is 13.1. The molecular formula is C28H27F8N3O4S2. The second kappa shape index (κ2) is 10.8. The average molecular weight is 686 g/mol. The topological polar surface area (TPSA) is 98.1 Å². The first-order valence-electron chi connectivity index (χ1n) is 13.6. The molecule has 0 radical (unpaired) electrons. The molecule has 1 heterocycles. The first-order chi connectivity index (χ1) is 20.7. The molecule has 1 aromatic heterocycles. The van der Waals surface area contributed by atoms with Crippen molar-refractivity contribution >= 4 is 19.9 Å². The number of aromatic nitrogens is 2. The van der Waals surface area contributed by atoms with Crippen LogP contribution >= 0.6 is 0 Å². The molecule has 3 aromatic rings. The van der Waals surface area contributed by atoms with Gasteiger partial charge in [0.2, 0.25) is 10.0 Å². The van der Waals surface area contributed by atoms with Gasteiger partial charge in [0.25, 0.3) is 0 Å². The molecule has 5 rings (SSSR count). The summed E-state index contributed by atoms with van der Waals surface area (Å²) in [5.74, 6) is -2.29. The Labute approximate surface area is 253 Å². The third-order valence-electron chi connectivity index (χ3n) is 9.01. The van der Waals surface area contributed by atoms with Crippen molar-refractivity contribution in [1.29, 1.82) is 0 Å². The van der Waals surface area contributed by atoms with E-state index >= 15 is 4.39 Å². The largest absolute Gasteiger partial charge is 0.435 e. The van der Waals surface area contributed by atoms with Crippen LogP contribution in [0.5, 0.6) is 0 Å². The van der Waals surface area contributed by atoms with Gasteiger partial charge in [0.15, 0.2) is 9.84 Å². The van der Waals surface area contributed by atoms with E-state index in [1.54, 1.807) is 0 Å². The average Bonchev–Trinajstić information content (AvgIpc) is 3.56. The maximum Gasteiger partial charge on any atom is 0.435 e. The van der Waals surface area contributed by atoms with Gasteiger partial charge >= 0.3 is 18.0 Å². The van der Waals surface area contributed by atoms with Crippen molar-refractivity contribution < 1.29 is 52.0 Å². The number of benzene rings is 2. The van der Waals surface area contributed by atoms with Gasteiger partial charge in [-0.15, -0.1) is 0 Å². The first-order valence-corrected chi connectivity index (χ1v) is 16.6. The van der Waals surface area contributed by atoms with Gasteiger partial charge in [-0.25, -0.2) is 30.3 Å². The van der Waals surface area contributed by atoms with E-state index in [1.165, 1.54) is 24.9 Å². The van der Waals surface area contributed by atoms with E-state index in [0.29, 0.717) is 12.1 Å². The normalized spacial score (nSPS) is 23.4. The van der Waals surface area contributed by atoms with Crippen LogP contribution in [0.2, 0.25) is 0 Å². The van der Waals surface area contributed by atoms with Crippen molar-refractivity contribution in [2.45, 2.75) is 71.2 Å². The van der Waals surface area contributed by atoms with Crippen LogP contribution in [0.4, 0.5) is 35.1 Å². The number of aryl methyl sites for hydroxylation is 2. The predicted octanol–water partition coefficient (Wildman–Crippen LogP) is 5.86. The van der Waals surface area contributed by atoms with Gasteiger partial charge in [0.05, 0.1) is 11.1 Å². The lowest BCUT2D eigenvalue weighted by Gasteiger charge is -2.43. The molecule has 0 bridgehead atoms. The van der Waals surface area contributed by atoms with Crippen LogP contribution in [0.3, 0.4) is 0 Å². The van der Waals surface area contributed by atoms with Crippen LogP contribution in [0.25, 0.3) is 0 Å². The second-order valence-electron chi connectivity index (χ2n) is 11.5. The second-order valence-corrected chi connectivity index (χ2v) is 15.4. The van der Waals surface area contributed by atoms with Crippen LogP contribution in [0.15, 0.2) is 64.6 Å². The highest BCUT2D eigenvalue weighted by Crippen LogP contribution is 2.61. The van der Waals surface area contributed by atoms with E-state index in [1.807, 2.05) is 0 Å². The van der Waals surface area contributed by atoms with E-state index in [9.17, 15) is 47.6 Å². The molecule has 0 amide bonds. The number of sulfone groups is 1. The number of sulfonamides is 1. The quantitative estimate of drug-likeness (QED) is 0.249. The molecular weight excluding hydrogens is 658 g/mol. The van der Waals surface area contributed by atoms with Crippen LogP contribution in [-0.4, -0.2) is 45.0 Å². The molecule has 1 saturated carbocycles. The lowest BCUT2D eigenvalue weighted by molar-refractivity contribution is -0.348. The summed E-state index contributed by atoms with van der Waals surface area (Å²) >= 11 is 0. The number of nitrogens with zero attached hydrogens (tertiary/aromatic N) is 2. The molecule has 45 heavy (non-hydrogen) atoms. The Balaban J connectivity index is 1.64. The first kappa shape index (κ1) is 33.3. The minimum atomic E-state index is -6.37. The summed E-state index contributed by atoms with van der Waals surface area (Å²) in [6.45, 7) is 1.53. The van der Waals surface area contributed by atoms with Crippen molar-refractivity contribution in [3.8, 4) is 0 Å². The highest BCUT2D eigenvalue weighted by Gasteiger charge is 2.73. The van der Waals surface area contributed by atoms with Crippen molar-refractivity contribution in [3.63, 3.8) is 0 Å². The lowest BCUT2D eigenvalue weighted by Crippen LogP contribution is -2.51. The van der Waals surface area contributed by atoms with E-state index in [-0.39, 0.29) is 46.6 Å². The summed E-state index contributed by atoms with van der Waals surface area (Å²) in [5.41, 5.74) is -7.77. The number of hydrogen-bond acceptors (Lipinski definition) is 5. The molecule has 1 N–H and O–H groups in total. The Hall–Kier alpha value is -3.05. The zero-order chi connectivity index (χ0) is 33.4. The molecule has 0 saturated heterocycles. The molecule has 246 valence electrons. The zero-order valence-corrected chi connectivity index (χ0v) is 25.3. The van der Waals surface area contributed by atoms with Gasteiger partial charge in [0, 0.05) is 24.8 Å². The third kappa shape index (κ3) is 5.14. The van der Waals surface area contributed by atoms with Gasteiger partial charge in [0.1, 0.15) is 15.5 Å². The minimum absolute atomic E-state index is 0.0855. The van der Waals surface area contributed by atoms with Crippen LogP contribution in [-0.2, 0) is 43.7 Å². The standard InChI is InChI=1S/C28H27F8N3O4S2/c1-16(38-45(42,43)21-14-37-39(2)15-21)22-11-12-25(44(40,41)20-7-5-19(29)6-8-20)23-10-4-18(13-17(23)3-9-24(22)25)26(30,27(31,32)33)28(34,35)36/h4-8,10,13-16,22,24,38H,3,9,11-12H2,1-2H3/t16?,22-,24-,25+/m0/s1. The van der Waals surface area contributed by atoms with E-state index < -0.39 is 71.9 Å². The number of fused-ring (bicyclic) bond motifs is 3. The summed E-state index contributed by atoms with van der Waals surface area (Å²) in [6.07, 6.45) is -10.7. The van der Waals surface area contributed by atoms with E-state index in [0.717, 1.165) is 36.5 Å². The van der Waals surface area contributed by atoms with Gasteiger partial charge in [-0.3, -0.25) is 4.68 Å². The Morgan fingerprint density at radius 2 is 1.56 bits per heavy atom.